The summed E-state index contributed by atoms with van der Waals surface area (Å²) < 4.78 is 12.4. The highest BCUT2D eigenvalue weighted by Gasteiger charge is 2.46. The van der Waals surface area contributed by atoms with Crippen molar-refractivity contribution in [3.05, 3.63) is 29.8 Å². The van der Waals surface area contributed by atoms with Gasteiger partial charge in [-0.2, -0.15) is 0 Å². The average molecular weight is 472 g/mol. The molecule has 3 aliphatic heterocycles. The quantitative estimate of drug-likeness (QED) is 0.660. The van der Waals surface area contributed by atoms with E-state index < -0.39 is 5.60 Å². The molecule has 0 saturated carbocycles. The predicted octanol–water partition coefficient (Wildman–Crippen LogP) is 3.11. The van der Waals surface area contributed by atoms with Crippen molar-refractivity contribution in [1.82, 2.24) is 14.7 Å². The number of amides is 2. The molecule has 3 heterocycles. The van der Waals surface area contributed by atoms with E-state index in [4.69, 9.17) is 9.47 Å². The highest BCUT2D eigenvalue weighted by molar-refractivity contribution is 5.87. The summed E-state index contributed by atoms with van der Waals surface area (Å²) in [4.78, 5) is 33.2. The highest BCUT2D eigenvalue weighted by atomic mass is 16.5. The second kappa shape index (κ2) is 12.0. The summed E-state index contributed by atoms with van der Waals surface area (Å²) in [5.41, 5.74) is 0.265. The van der Waals surface area contributed by atoms with Gasteiger partial charge in [0.2, 0.25) is 5.91 Å². The minimum atomic E-state index is -0.953. The lowest BCUT2D eigenvalue weighted by molar-refractivity contribution is -0.177. The van der Waals surface area contributed by atoms with Crippen LogP contribution in [0.5, 0.6) is 5.75 Å². The summed E-state index contributed by atoms with van der Waals surface area (Å²) in [6.45, 7) is 7.59. The second-order valence-electron chi connectivity index (χ2n) is 9.95. The Bertz CT molecular complexity index is 826. The third-order valence-electron chi connectivity index (χ3n) is 7.42. The molecule has 34 heavy (non-hydrogen) atoms. The first kappa shape index (κ1) is 25.0. The third kappa shape index (κ3) is 6.11. The first-order valence-electron chi connectivity index (χ1n) is 13.3. The Morgan fingerprint density at radius 1 is 1.03 bits per heavy atom. The lowest BCUT2D eigenvalue weighted by Crippen LogP contribution is -2.62. The van der Waals surface area contributed by atoms with Gasteiger partial charge in [-0.15, -0.1) is 0 Å². The number of carbonyl (C=O) groups is 2. The van der Waals surface area contributed by atoms with Crippen molar-refractivity contribution in [1.29, 1.82) is 0 Å². The summed E-state index contributed by atoms with van der Waals surface area (Å²) in [5, 5.41) is 0. The van der Waals surface area contributed by atoms with Crippen LogP contribution in [0, 0.1) is 0 Å². The van der Waals surface area contributed by atoms with Crippen LogP contribution < -0.4 is 4.74 Å². The molecule has 7 nitrogen and oxygen atoms in total. The molecule has 1 aromatic carbocycles. The molecule has 7 heteroatoms. The molecule has 0 aliphatic carbocycles. The number of para-hydroxylation sites is 1. The largest absolute Gasteiger partial charge is 0.491 e. The molecule has 1 atom stereocenters. The topological polar surface area (TPSA) is 62.3 Å². The number of ether oxygens (including phenoxy) is 2. The maximum atomic E-state index is 14.0. The maximum Gasteiger partial charge on any atom is 0.256 e. The van der Waals surface area contributed by atoms with Gasteiger partial charge < -0.3 is 19.3 Å². The summed E-state index contributed by atoms with van der Waals surface area (Å²) >= 11 is 0. The first-order valence-corrected chi connectivity index (χ1v) is 13.3. The van der Waals surface area contributed by atoms with Gasteiger partial charge in [0.25, 0.3) is 5.91 Å². The van der Waals surface area contributed by atoms with Crippen molar-refractivity contribution in [2.45, 2.75) is 63.9 Å². The Morgan fingerprint density at radius 2 is 1.85 bits per heavy atom. The first-order chi connectivity index (χ1) is 16.6. The monoisotopic (exact) mass is 471 g/mol. The summed E-state index contributed by atoms with van der Waals surface area (Å²) in [7, 11) is 0. The van der Waals surface area contributed by atoms with E-state index >= 15 is 0 Å². The standard InChI is InChI=1S/C27H41N3O4/c1-2-3-16-29-17-19-33-24-12-5-4-10-23(24)11-6-7-13-27(26(29)32)22-30(18-20-34-27)25(31)21-28-14-8-9-15-28/h4-5,10,12H,2-3,6-9,11,13-22H2,1H3. The van der Waals surface area contributed by atoms with E-state index in [1.165, 1.54) is 5.56 Å². The van der Waals surface area contributed by atoms with E-state index in [0.717, 1.165) is 63.8 Å². The zero-order valence-electron chi connectivity index (χ0n) is 20.8. The molecule has 2 amide bonds. The number of unbranched alkanes of at least 4 members (excludes halogenated alkanes) is 1. The molecular weight excluding hydrogens is 430 g/mol. The molecule has 0 radical (unpaired) electrons. The van der Waals surface area contributed by atoms with Crippen LogP contribution in [0.25, 0.3) is 0 Å². The number of carbonyl (C=O) groups excluding carboxylic acids is 2. The van der Waals surface area contributed by atoms with Gasteiger partial charge in [-0.25, -0.2) is 0 Å². The maximum absolute atomic E-state index is 14.0. The van der Waals surface area contributed by atoms with Crippen LogP contribution in [0.15, 0.2) is 24.3 Å². The molecule has 2 saturated heterocycles. The van der Waals surface area contributed by atoms with Crippen LogP contribution in [0.2, 0.25) is 0 Å². The zero-order valence-corrected chi connectivity index (χ0v) is 20.8. The van der Waals surface area contributed by atoms with Crippen molar-refractivity contribution in [2.24, 2.45) is 0 Å². The van der Waals surface area contributed by atoms with Crippen LogP contribution >= 0.6 is 0 Å². The molecule has 0 aromatic heterocycles. The Labute approximate surface area is 204 Å². The van der Waals surface area contributed by atoms with Gasteiger partial charge >= 0.3 is 0 Å². The Kier molecular flexibility index (Phi) is 8.84. The number of aryl methyl sites for hydroxylation is 1. The minimum absolute atomic E-state index is 0.0251. The number of fused-ring (bicyclic) bond motifs is 1. The highest BCUT2D eigenvalue weighted by Crippen LogP contribution is 2.30. The van der Waals surface area contributed by atoms with Gasteiger partial charge in [0.15, 0.2) is 5.60 Å². The van der Waals surface area contributed by atoms with Gasteiger partial charge in [0.05, 0.1) is 26.2 Å². The number of hydrogen-bond acceptors (Lipinski definition) is 5. The lowest BCUT2D eigenvalue weighted by atomic mass is 9.90. The van der Waals surface area contributed by atoms with E-state index in [1.807, 2.05) is 21.9 Å². The number of morpholine rings is 1. The number of rotatable bonds is 5. The van der Waals surface area contributed by atoms with Gasteiger partial charge in [0, 0.05) is 13.1 Å². The molecular formula is C27H41N3O4. The second-order valence-corrected chi connectivity index (χ2v) is 9.95. The van der Waals surface area contributed by atoms with Crippen molar-refractivity contribution in [3.63, 3.8) is 0 Å². The predicted molar refractivity (Wildman–Crippen MR) is 132 cm³/mol. The average Bonchev–Trinajstić information content (AvgIpc) is 3.37. The molecule has 1 spiro atoms. The number of hydrogen-bond donors (Lipinski definition) is 0. The fourth-order valence-corrected chi connectivity index (χ4v) is 5.41. The van der Waals surface area contributed by atoms with Crippen molar-refractivity contribution >= 4 is 11.8 Å². The minimum Gasteiger partial charge on any atom is -0.491 e. The lowest BCUT2D eigenvalue weighted by Gasteiger charge is -2.44. The number of likely N-dealkylation sites (tertiary alicyclic amines) is 1. The zero-order chi connectivity index (χ0) is 23.8. The molecule has 4 rings (SSSR count). The Balaban J connectivity index is 1.52. The van der Waals surface area contributed by atoms with Crippen LogP contribution in [0.1, 0.15) is 57.4 Å². The van der Waals surface area contributed by atoms with Crippen molar-refractivity contribution in [2.75, 3.05) is 59.0 Å². The van der Waals surface area contributed by atoms with Crippen molar-refractivity contribution < 1.29 is 19.1 Å². The molecule has 188 valence electrons. The van der Waals surface area contributed by atoms with E-state index in [1.54, 1.807) is 0 Å². The fraction of sp³-hybridized carbons (Fsp3) is 0.704. The van der Waals surface area contributed by atoms with Gasteiger partial charge in [-0.1, -0.05) is 31.5 Å². The van der Waals surface area contributed by atoms with E-state index in [9.17, 15) is 9.59 Å². The number of benzene rings is 1. The molecule has 0 N–H and O–H groups in total. The van der Waals surface area contributed by atoms with Crippen molar-refractivity contribution in [3.8, 4) is 5.75 Å². The van der Waals surface area contributed by atoms with Gasteiger partial charge in [-0.3, -0.25) is 14.5 Å². The smallest absolute Gasteiger partial charge is 0.256 e. The van der Waals surface area contributed by atoms with E-state index in [0.29, 0.717) is 52.4 Å². The fourth-order valence-electron chi connectivity index (χ4n) is 5.41. The van der Waals surface area contributed by atoms with Crippen LogP contribution in [-0.2, 0) is 20.7 Å². The SMILES string of the molecule is CCCCN1CCOc2ccccc2CCCCC2(CN(C(=O)CN3CCCC3)CCO2)C1=O. The summed E-state index contributed by atoms with van der Waals surface area (Å²) in [6, 6.07) is 8.21. The van der Waals surface area contributed by atoms with Gasteiger partial charge in [0.1, 0.15) is 12.4 Å². The third-order valence-corrected chi connectivity index (χ3v) is 7.42. The normalized spacial score (nSPS) is 24.9. The van der Waals surface area contributed by atoms with Crippen LogP contribution in [0.3, 0.4) is 0 Å². The van der Waals surface area contributed by atoms with Crippen LogP contribution in [-0.4, -0.2) is 91.1 Å². The molecule has 0 bridgehead atoms. The van der Waals surface area contributed by atoms with Crippen LogP contribution in [0.4, 0.5) is 0 Å². The Hall–Kier alpha value is -2.12. The Morgan fingerprint density at radius 3 is 2.68 bits per heavy atom. The van der Waals surface area contributed by atoms with E-state index in [2.05, 4.69) is 24.0 Å². The summed E-state index contributed by atoms with van der Waals surface area (Å²) in [6.07, 6.45) is 7.67. The molecule has 1 unspecified atom stereocenters. The molecule has 1 aromatic rings. The molecule has 2 fully saturated rings. The van der Waals surface area contributed by atoms with E-state index in [-0.39, 0.29) is 11.8 Å². The van der Waals surface area contributed by atoms with Gasteiger partial charge in [-0.05, 0) is 69.7 Å². The summed E-state index contributed by atoms with van der Waals surface area (Å²) in [5.74, 6) is 1.08. The number of nitrogens with zero attached hydrogens (tertiary/aromatic N) is 3. The molecule has 3 aliphatic rings.